The summed E-state index contributed by atoms with van der Waals surface area (Å²) in [5.41, 5.74) is 1.83. The summed E-state index contributed by atoms with van der Waals surface area (Å²) >= 11 is 1.50. The second-order valence-electron chi connectivity index (χ2n) is 7.54. The first kappa shape index (κ1) is 20.6. The molecule has 1 aromatic carbocycles. The van der Waals surface area contributed by atoms with Crippen molar-refractivity contribution in [3.63, 3.8) is 0 Å². The third kappa shape index (κ3) is 5.71. The first-order chi connectivity index (χ1) is 14.0. The number of fused-ring (bicyclic) bond motifs is 1. The Balaban J connectivity index is 1.21. The van der Waals surface area contributed by atoms with Crippen molar-refractivity contribution in [2.24, 2.45) is 4.99 Å². The first-order valence-corrected chi connectivity index (χ1v) is 12.5. The van der Waals surface area contributed by atoms with E-state index in [4.69, 9.17) is 4.74 Å². The van der Waals surface area contributed by atoms with Gasteiger partial charge in [-0.25, -0.2) is 8.42 Å². The average molecular weight is 439 g/mol. The summed E-state index contributed by atoms with van der Waals surface area (Å²) in [6.45, 7) is 4.87. The summed E-state index contributed by atoms with van der Waals surface area (Å²) in [5, 5.41) is 7.02. The lowest BCUT2D eigenvalue weighted by atomic mass is 10.1. The van der Waals surface area contributed by atoms with Gasteiger partial charge in [-0.1, -0.05) is 23.9 Å². The molecule has 2 atom stereocenters. The molecule has 2 saturated heterocycles. The lowest BCUT2D eigenvalue weighted by Crippen LogP contribution is -2.41. The van der Waals surface area contributed by atoms with E-state index in [9.17, 15) is 13.2 Å². The van der Waals surface area contributed by atoms with Crippen LogP contribution in [0.5, 0.6) is 0 Å². The normalized spacial score (nSPS) is 26.0. The zero-order chi connectivity index (χ0) is 20.3. The molecule has 3 aliphatic rings. The van der Waals surface area contributed by atoms with Gasteiger partial charge in [-0.3, -0.25) is 14.7 Å². The van der Waals surface area contributed by atoms with E-state index < -0.39 is 9.84 Å². The second kappa shape index (κ2) is 9.03. The number of benzene rings is 1. The maximum atomic E-state index is 12.1. The number of carbonyl (C=O) groups is 1. The molecule has 0 aliphatic carbocycles. The molecule has 0 radical (unpaired) electrons. The lowest BCUT2D eigenvalue weighted by molar-refractivity contribution is -0.120. The van der Waals surface area contributed by atoms with Crippen molar-refractivity contribution < 1.29 is 17.9 Å². The van der Waals surface area contributed by atoms with E-state index in [1.165, 1.54) is 11.8 Å². The Labute approximate surface area is 175 Å². The molecule has 0 saturated carbocycles. The van der Waals surface area contributed by atoms with Gasteiger partial charge in [0.2, 0.25) is 5.91 Å². The van der Waals surface area contributed by atoms with Gasteiger partial charge in [0.1, 0.15) is 0 Å². The molecule has 2 fully saturated rings. The fourth-order valence-electron chi connectivity index (χ4n) is 3.67. The molecule has 158 valence electrons. The standard InChI is InChI=1S/C19H26N4O4S2/c24-18(20-5-6-23-7-9-27-10-8-23)11-14-1-3-15(4-2-14)21-19-22-16-12-29(25,26)13-17(16)28-19/h1-4,16-17H,5-13H2,(H,20,24)(H,21,22). The predicted molar refractivity (Wildman–Crippen MR) is 115 cm³/mol. The van der Waals surface area contributed by atoms with Crippen LogP contribution >= 0.6 is 11.8 Å². The van der Waals surface area contributed by atoms with Crippen LogP contribution in [0.15, 0.2) is 29.3 Å². The molecule has 4 rings (SSSR count). The van der Waals surface area contributed by atoms with Crippen LogP contribution in [0.2, 0.25) is 0 Å². The Hall–Kier alpha value is -1.62. The maximum absolute atomic E-state index is 12.1. The quantitative estimate of drug-likeness (QED) is 0.661. The van der Waals surface area contributed by atoms with Gasteiger partial charge in [0.15, 0.2) is 15.0 Å². The summed E-state index contributed by atoms with van der Waals surface area (Å²) in [6, 6.07) is 7.56. The number of nitrogens with one attached hydrogen (secondary N) is 2. The molecule has 8 nitrogen and oxygen atoms in total. The first-order valence-electron chi connectivity index (χ1n) is 9.84. The number of sulfone groups is 1. The zero-order valence-electron chi connectivity index (χ0n) is 16.2. The fourth-order valence-corrected chi connectivity index (χ4v) is 7.35. The van der Waals surface area contributed by atoms with Crippen LogP contribution in [0.3, 0.4) is 0 Å². The van der Waals surface area contributed by atoms with E-state index in [1.54, 1.807) is 0 Å². The molecular weight excluding hydrogens is 412 g/mol. The zero-order valence-corrected chi connectivity index (χ0v) is 17.8. The fraction of sp³-hybridized carbons (Fsp3) is 0.579. The molecule has 2 unspecified atom stereocenters. The van der Waals surface area contributed by atoms with E-state index in [2.05, 4.69) is 20.5 Å². The number of hydrogen-bond acceptors (Lipinski definition) is 8. The van der Waals surface area contributed by atoms with Gasteiger partial charge in [-0.05, 0) is 17.7 Å². The van der Waals surface area contributed by atoms with Crippen LogP contribution in [-0.4, -0.2) is 86.6 Å². The minimum atomic E-state index is -2.93. The molecule has 0 bridgehead atoms. The summed E-state index contributed by atoms with van der Waals surface area (Å²) in [7, 11) is -2.93. The van der Waals surface area contributed by atoms with E-state index in [0.29, 0.717) is 13.0 Å². The summed E-state index contributed by atoms with van der Waals surface area (Å²) < 4.78 is 28.6. The van der Waals surface area contributed by atoms with Crippen LogP contribution in [-0.2, 0) is 25.8 Å². The largest absolute Gasteiger partial charge is 0.379 e. The van der Waals surface area contributed by atoms with E-state index >= 15 is 0 Å². The van der Waals surface area contributed by atoms with Gasteiger partial charge < -0.3 is 15.4 Å². The van der Waals surface area contributed by atoms with Crippen molar-refractivity contribution in [2.45, 2.75) is 17.7 Å². The minimum absolute atomic E-state index is 0.0173. The number of ether oxygens (including phenoxy) is 1. The number of carbonyl (C=O) groups excluding carboxylic acids is 1. The van der Waals surface area contributed by atoms with Gasteiger partial charge >= 0.3 is 0 Å². The van der Waals surface area contributed by atoms with Crippen molar-refractivity contribution in [3.05, 3.63) is 29.8 Å². The maximum Gasteiger partial charge on any atom is 0.224 e. The summed E-state index contributed by atoms with van der Waals surface area (Å²) in [5.74, 6) is 0.371. The number of anilines is 1. The molecule has 0 aromatic heterocycles. The molecule has 2 N–H and O–H groups in total. The number of amides is 1. The van der Waals surface area contributed by atoms with Crippen LogP contribution in [0, 0.1) is 0 Å². The molecule has 10 heteroatoms. The van der Waals surface area contributed by atoms with Gasteiger partial charge in [0.05, 0.1) is 37.2 Å². The van der Waals surface area contributed by atoms with Crippen molar-refractivity contribution in [2.75, 3.05) is 56.2 Å². The molecule has 3 heterocycles. The number of hydrogen-bond donors (Lipinski definition) is 2. The molecule has 0 spiro atoms. The van der Waals surface area contributed by atoms with Crippen molar-refractivity contribution in [3.8, 4) is 0 Å². The van der Waals surface area contributed by atoms with Crippen molar-refractivity contribution in [1.29, 1.82) is 0 Å². The van der Waals surface area contributed by atoms with Crippen molar-refractivity contribution in [1.82, 2.24) is 10.2 Å². The van der Waals surface area contributed by atoms with Gasteiger partial charge in [0, 0.05) is 37.1 Å². The second-order valence-corrected chi connectivity index (χ2v) is 10.9. The van der Waals surface area contributed by atoms with Gasteiger partial charge in [-0.15, -0.1) is 0 Å². The lowest BCUT2D eigenvalue weighted by Gasteiger charge is -2.26. The Bertz CT molecular complexity index is 867. The molecule has 1 aromatic rings. The smallest absolute Gasteiger partial charge is 0.224 e. The molecule has 3 aliphatic heterocycles. The highest BCUT2D eigenvalue weighted by Gasteiger charge is 2.42. The third-order valence-electron chi connectivity index (χ3n) is 5.24. The van der Waals surface area contributed by atoms with E-state index in [1.807, 2.05) is 24.3 Å². The highest BCUT2D eigenvalue weighted by Crippen LogP contribution is 2.34. The number of amidine groups is 1. The number of aliphatic imine (C=N–C) groups is 1. The SMILES string of the molecule is O=C(Cc1ccc(NC2=NC3CS(=O)(=O)CC3S2)cc1)NCCN1CCOCC1. The number of nitrogens with zero attached hydrogens (tertiary/aromatic N) is 2. The average Bonchev–Trinajstić information content (AvgIpc) is 3.16. The number of morpholine rings is 1. The topological polar surface area (TPSA) is 100 Å². The Kier molecular flexibility index (Phi) is 6.43. The summed E-state index contributed by atoms with van der Waals surface area (Å²) in [4.78, 5) is 18.9. The van der Waals surface area contributed by atoms with E-state index in [0.717, 1.165) is 49.3 Å². The van der Waals surface area contributed by atoms with Crippen LogP contribution in [0.1, 0.15) is 5.56 Å². The predicted octanol–water partition coefficient (Wildman–Crippen LogP) is 0.358. The molecule has 1 amide bonds. The summed E-state index contributed by atoms with van der Waals surface area (Å²) in [6.07, 6.45) is 0.348. The Morgan fingerprint density at radius 3 is 2.69 bits per heavy atom. The number of rotatable bonds is 6. The van der Waals surface area contributed by atoms with Crippen molar-refractivity contribution >= 4 is 38.4 Å². The van der Waals surface area contributed by atoms with Crippen LogP contribution in [0.4, 0.5) is 5.69 Å². The van der Waals surface area contributed by atoms with Gasteiger partial charge in [-0.2, -0.15) is 0 Å². The van der Waals surface area contributed by atoms with Gasteiger partial charge in [0.25, 0.3) is 0 Å². The molecular formula is C19H26N4O4S2. The third-order valence-corrected chi connectivity index (χ3v) is 8.38. The number of thioether (sulfide) groups is 1. The van der Waals surface area contributed by atoms with Crippen LogP contribution < -0.4 is 10.6 Å². The van der Waals surface area contributed by atoms with E-state index in [-0.39, 0.29) is 28.7 Å². The van der Waals surface area contributed by atoms with Crippen LogP contribution in [0.25, 0.3) is 0 Å². The molecule has 29 heavy (non-hydrogen) atoms. The minimum Gasteiger partial charge on any atom is -0.379 e. The highest BCUT2D eigenvalue weighted by atomic mass is 32.2. The monoisotopic (exact) mass is 438 g/mol. The highest BCUT2D eigenvalue weighted by molar-refractivity contribution is 8.15. The Morgan fingerprint density at radius 2 is 1.97 bits per heavy atom. The Morgan fingerprint density at radius 1 is 1.21 bits per heavy atom.